The number of guanidine groups is 1. The number of piperidine rings is 1. The summed E-state index contributed by atoms with van der Waals surface area (Å²) in [6, 6.07) is 12.0. The molecule has 0 unspecified atom stereocenters. The Labute approximate surface area is 155 Å². The number of aliphatic imine (C=N–C) groups is 1. The van der Waals surface area contributed by atoms with Gasteiger partial charge in [0.1, 0.15) is 5.82 Å². The van der Waals surface area contributed by atoms with E-state index in [4.69, 9.17) is 10.5 Å². The first-order valence-electron chi connectivity index (χ1n) is 9.10. The summed E-state index contributed by atoms with van der Waals surface area (Å²) in [5.41, 5.74) is 9.14. The number of benzene rings is 1. The minimum absolute atomic E-state index is 0.393. The molecule has 2 heterocycles. The van der Waals surface area contributed by atoms with Crippen LogP contribution >= 0.6 is 0 Å². The Hall–Kier alpha value is -2.60. The third-order valence-electron chi connectivity index (χ3n) is 4.50. The van der Waals surface area contributed by atoms with Crippen molar-refractivity contribution >= 4 is 17.5 Å². The largest absolute Gasteiger partial charge is 0.380 e. The van der Waals surface area contributed by atoms with Crippen LogP contribution in [-0.4, -0.2) is 31.1 Å². The molecule has 6 heteroatoms. The van der Waals surface area contributed by atoms with Crippen molar-refractivity contribution < 1.29 is 4.74 Å². The highest BCUT2D eigenvalue weighted by Crippen LogP contribution is 2.19. The van der Waals surface area contributed by atoms with E-state index in [-0.39, 0.29) is 0 Å². The van der Waals surface area contributed by atoms with Crippen molar-refractivity contribution in [1.29, 1.82) is 0 Å². The third kappa shape index (κ3) is 4.95. The van der Waals surface area contributed by atoms with Crippen LogP contribution in [0.5, 0.6) is 0 Å². The number of pyridine rings is 1. The number of ether oxygens (including phenoxy) is 1. The van der Waals surface area contributed by atoms with Crippen LogP contribution < -0.4 is 16.0 Å². The van der Waals surface area contributed by atoms with Crippen LogP contribution in [0.2, 0.25) is 0 Å². The number of anilines is 2. The Morgan fingerprint density at radius 3 is 2.85 bits per heavy atom. The van der Waals surface area contributed by atoms with E-state index in [1.54, 1.807) is 7.11 Å². The Morgan fingerprint density at radius 2 is 2.04 bits per heavy atom. The Kier molecular flexibility index (Phi) is 6.44. The van der Waals surface area contributed by atoms with Gasteiger partial charge in [0.2, 0.25) is 0 Å². The third-order valence-corrected chi connectivity index (χ3v) is 4.50. The van der Waals surface area contributed by atoms with Crippen LogP contribution in [0.4, 0.5) is 11.5 Å². The molecule has 1 fully saturated rings. The molecule has 138 valence electrons. The molecule has 1 aromatic carbocycles. The van der Waals surface area contributed by atoms with Crippen LogP contribution in [0.25, 0.3) is 0 Å². The molecule has 0 radical (unpaired) electrons. The molecular weight excluding hydrogens is 326 g/mol. The molecule has 1 aliphatic heterocycles. The lowest BCUT2D eigenvalue weighted by molar-refractivity contribution is 0.185. The summed E-state index contributed by atoms with van der Waals surface area (Å²) >= 11 is 0. The van der Waals surface area contributed by atoms with Gasteiger partial charge < -0.3 is 20.7 Å². The average molecular weight is 353 g/mol. The van der Waals surface area contributed by atoms with E-state index >= 15 is 0 Å². The molecule has 0 atom stereocenters. The quantitative estimate of drug-likeness (QED) is 0.616. The maximum Gasteiger partial charge on any atom is 0.193 e. The van der Waals surface area contributed by atoms with Crippen molar-refractivity contribution in [1.82, 2.24) is 4.98 Å². The first-order valence-corrected chi connectivity index (χ1v) is 9.10. The highest BCUT2D eigenvalue weighted by molar-refractivity contribution is 5.92. The standard InChI is InChI=1S/C20H27N5O/c1-26-15-17-7-3-4-8-18(17)24-20(21)23-14-16-9-10-22-19(13-16)25-11-5-2-6-12-25/h3-4,7-10,13H,2,5-6,11-12,14-15H2,1H3,(H3,21,23,24). The van der Waals surface area contributed by atoms with Crippen molar-refractivity contribution in [2.45, 2.75) is 32.4 Å². The molecule has 0 saturated carbocycles. The van der Waals surface area contributed by atoms with Gasteiger partial charge >= 0.3 is 0 Å². The Balaban J connectivity index is 1.64. The number of methoxy groups -OCH3 is 1. The summed E-state index contributed by atoms with van der Waals surface area (Å²) in [6.07, 6.45) is 5.64. The average Bonchev–Trinajstić information content (AvgIpc) is 2.69. The SMILES string of the molecule is COCc1ccccc1NC(N)=NCc1ccnc(N2CCCCC2)c1. The second kappa shape index (κ2) is 9.20. The maximum atomic E-state index is 6.07. The zero-order valence-electron chi connectivity index (χ0n) is 15.3. The predicted molar refractivity (Wildman–Crippen MR) is 106 cm³/mol. The Morgan fingerprint density at radius 1 is 1.23 bits per heavy atom. The zero-order valence-corrected chi connectivity index (χ0v) is 15.3. The molecule has 3 N–H and O–H groups in total. The lowest BCUT2D eigenvalue weighted by Gasteiger charge is -2.27. The fourth-order valence-corrected chi connectivity index (χ4v) is 3.13. The van der Waals surface area contributed by atoms with Crippen LogP contribution in [0.1, 0.15) is 30.4 Å². The van der Waals surface area contributed by atoms with Crippen molar-refractivity contribution in [2.24, 2.45) is 10.7 Å². The van der Waals surface area contributed by atoms with Crippen LogP contribution in [0.3, 0.4) is 0 Å². The molecule has 1 saturated heterocycles. The topological polar surface area (TPSA) is 75.8 Å². The number of nitrogens with zero attached hydrogens (tertiary/aromatic N) is 3. The minimum Gasteiger partial charge on any atom is -0.380 e. The minimum atomic E-state index is 0.393. The summed E-state index contributed by atoms with van der Waals surface area (Å²) < 4.78 is 5.22. The van der Waals surface area contributed by atoms with E-state index in [0.717, 1.165) is 35.7 Å². The second-order valence-corrected chi connectivity index (χ2v) is 6.49. The summed E-state index contributed by atoms with van der Waals surface area (Å²) in [5, 5.41) is 3.17. The van der Waals surface area contributed by atoms with Crippen molar-refractivity contribution in [3.05, 3.63) is 53.7 Å². The zero-order chi connectivity index (χ0) is 18.2. The van der Waals surface area contributed by atoms with Crippen molar-refractivity contribution in [3.8, 4) is 0 Å². The summed E-state index contributed by atoms with van der Waals surface area (Å²) in [4.78, 5) is 11.3. The smallest absolute Gasteiger partial charge is 0.193 e. The van der Waals surface area contributed by atoms with Gasteiger partial charge in [-0.15, -0.1) is 0 Å². The molecule has 0 spiro atoms. The van der Waals surface area contributed by atoms with Crippen molar-refractivity contribution in [2.75, 3.05) is 30.4 Å². The molecule has 26 heavy (non-hydrogen) atoms. The maximum absolute atomic E-state index is 6.07. The van der Waals surface area contributed by atoms with Crippen LogP contribution in [0.15, 0.2) is 47.6 Å². The van der Waals surface area contributed by atoms with Gasteiger partial charge in [0.15, 0.2) is 5.96 Å². The number of nitrogens with two attached hydrogens (primary N) is 1. The van der Waals surface area contributed by atoms with Gasteiger partial charge in [0, 0.05) is 37.6 Å². The number of aromatic nitrogens is 1. The van der Waals surface area contributed by atoms with E-state index in [2.05, 4.69) is 26.3 Å². The summed E-state index contributed by atoms with van der Waals surface area (Å²) in [5.74, 6) is 1.43. The van der Waals surface area contributed by atoms with Gasteiger partial charge in [0.05, 0.1) is 13.2 Å². The van der Waals surface area contributed by atoms with Gasteiger partial charge in [0.25, 0.3) is 0 Å². The van der Waals surface area contributed by atoms with E-state index in [1.165, 1.54) is 19.3 Å². The van der Waals surface area contributed by atoms with Crippen LogP contribution in [-0.2, 0) is 17.9 Å². The van der Waals surface area contributed by atoms with Crippen molar-refractivity contribution in [3.63, 3.8) is 0 Å². The van der Waals surface area contributed by atoms with Gasteiger partial charge in [-0.25, -0.2) is 9.98 Å². The number of hydrogen-bond donors (Lipinski definition) is 2. The lowest BCUT2D eigenvalue weighted by atomic mass is 10.1. The fraction of sp³-hybridized carbons (Fsp3) is 0.400. The normalized spacial score (nSPS) is 15.1. The molecular formula is C20H27N5O. The first kappa shape index (κ1) is 18.2. The predicted octanol–water partition coefficient (Wildman–Crippen LogP) is 3.15. The molecule has 1 aromatic heterocycles. The monoisotopic (exact) mass is 353 g/mol. The second-order valence-electron chi connectivity index (χ2n) is 6.49. The van der Waals surface area contributed by atoms with Crippen LogP contribution in [0, 0.1) is 0 Å². The van der Waals surface area contributed by atoms with E-state index in [1.807, 2.05) is 36.5 Å². The summed E-state index contributed by atoms with van der Waals surface area (Å²) in [7, 11) is 1.68. The highest BCUT2D eigenvalue weighted by atomic mass is 16.5. The molecule has 0 amide bonds. The summed E-state index contributed by atoms with van der Waals surface area (Å²) in [6.45, 7) is 3.22. The van der Waals surface area contributed by atoms with E-state index < -0.39 is 0 Å². The van der Waals surface area contributed by atoms with Gasteiger partial charge in [-0.3, -0.25) is 0 Å². The molecule has 1 aliphatic rings. The van der Waals surface area contributed by atoms with Gasteiger partial charge in [-0.2, -0.15) is 0 Å². The highest BCUT2D eigenvalue weighted by Gasteiger charge is 2.12. The molecule has 2 aromatic rings. The Bertz CT molecular complexity index is 740. The van der Waals surface area contributed by atoms with E-state index in [9.17, 15) is 0 Å². The number of hydrogen-bond acceptors (Lipinski definition) is 4. The first-order chi connectivity index (χ1) is 12.8. The number of rotatable bonds is 6. The van der Waals surface area contributed by atoms with Gasteiger partial charge in [-0.05, 0) is 43.0 Å². The molecule has 0 aliphatic carbocycles. The lowest BCUT2D eigenvalue weighted by Crippen LogP contribution is -2.30. The van der Waals surface area contributed by atoms with Gasteiger partial charge in [-0.1, -0.05) is 18.2 Å². The molecule has 0 bridgehead atoms. The fourth-order valence-electron chi connectivity index (χ4n) is 3.13. The number of nitrogens with one attached hydrogen (secondary N) is 1. The number of para-hydroxylation sites is 1. The van der Waals surface area contributed by atoms with E-state index in [0.29, 0.717) is 19.1 Å². The molecule has 6 nitrogen and oxygen atoms in total. The molecule has 3 rings (SSSR count).